The highest BCUT2D eigenvalue weighted by Crippen LogP contribution is 2.38. The van der Waals surface area contributed by atoms with Gasteiger partial charge in [-0.25, -0.2) is 4.98 Å². The number of carboxylic acids is 1. The molecule has 3 aliphatic heterocycles. The van der Waals surface area contributed by atoms with E-state index in [0.717, 1.165) is 16.9 Å². The normalized spacial score (nSPS) is 25.9. The van der Waals surface area contributed by atoms with Crippen molar-refractivity contribution in [3.8, 4) is 17.7 Å². The molecule has 10 nitrogen and oxygen atoms in total. The van der Waals surface area contributed by atoms with Crippen molar-refractivity contribution in [2.75, 3.05) is 37.8 Å². The molecule has 5 heterocycles. The number of morpholine rings is 1. The number of hydrogen-bond donors (Lipinski definition) is 3. The molecule has 0 aromatic carbocycles. The lowest BCUT2D eigenvalue weighted by Crippen LogP contribution is -2.68. The van der Waals surface area contributed by atoms with Crippen LogP contribution in [0.2, 0.25) is 0 Å². The largest absolute Gasteiger partial charge is 0.480 e. The first-order valence-corrected chi connectivity index (χ1v) is 11.1. The maximum absolute atomic E-state index is 11.3. The summed E-state index contributed by atoms with van der Waals surface area (Å²) >= 11 is 0. The quantitative estimate of drug-likeness (QED) is 0.431. The first kappa shape index (κ1) is 21.7. The van der Waals surface area contributed by atoms with Gasteiger partial charge in [0.2, 0.25) is 5.88 Å². The number of nitrogens with zero attached hydrogens (tertiary/aromatic N) is 3. The Morgan fingerprint density at radius 2 is 2.27 bits per heavy atom. The van der Waals surface area contributed by atoms with Crippen molar-refractivity contribution in [3.05, 3.63) is 35.8 Å². The number of hydrogen-bond acceptors (Lipinski definition) is 7. The van der Waals surface area contributed by atoms with Crippen LogP contribution in [0.3, 0.4) is 0 Å². The molecule has 0 saturated carbocycles. The number of pyridine rings is 1. The summed E-state index contributed by atoms with van der Waals surface area (Å²) in [5, 5.41) is 15.4. The van der Waals surface area contributed by atoms with Crippen LogP contribution in [0.4, 0.5) is 5.69 Å². The van der Waals surface area contributed by atoms with E-state index in [0.29, 0.717) is 45.2 Å². The Balaban J connectivity index is 1.45. The Bertz CT molecular complexity index is 1100. The summed E-state index contributed by atoms with van der Waals surface area (Å²) < 4.78 is 19.6. The van der Waals surface area contributed by atoms with Gasteiger partial charge >= 0.3 is 5.97 Å². The minimum absolute atomic E-state index is 0.0586. The van der Waals surface area contributed by atoms with Gasteiger partial charge in [-0.3, -0.25) is 4.79 Å². The zero-order valence-electron chi connectivity index (χ0n) is 18.7. The Morgan fingerprint density at radius 1 is 1.42 bits per heavy atom. The van der Waals surface area contributed by atoms with Gasteiger partial charge in [0.25, 0.3) is 0 Å². The molecule has 0 aliphatic carbocycles. The van der Waals surface area contributed by atoms with E-state index in [1.807, 2.05) is 30.1 Å². The van der Waals surface area contributed by atoms with Gasteiger partial charge in [-0.05, 0) is 18.9 Å². The maximum Gasteiger partial charge on any atom is 0.320 e. The fourth-order valence-electron chi connectivity index (χ4n) is 4.51. The van der Waals surface area contributed by atoms with Gasteiger partial charge in [-0.15, -0.1) is 4.68 Å². The molecule has 0 amide bonds. The van der Waals surface area contributed by atoms with Gasteiger partial charge in [0, 0.05) is 37.3 Å². The SMILES string of the molecule is C[C@@H]1N(c2cc(C#Cc3cc[n+](C)[nH]3)cnc2O[C@@H]2CN[C@H](C(=O)O)C2)CCOC12COC2. The lowest BCUT2D eigenvalue weighted by Gasteiger charge is -2.53. The number of carbonyl (C=O) groups is 1. The molecule has 2 aromatic heterocycles. The molecule has 3 fully saturated rings. The van der Waals surface area contributed by atoms with E-state index in [9.17, 15) is 9.90 Å². The molecule has 33 heavy (non-hydrogen) atoms. The van der Waals surface area contributed by atoms with E-state index in [2.05, 4.69) is 39.1 Å². The summed E-state index contributed by atoms with van der Waals surface area (Å²) in [6.07, 6.45) is 3.71. The third kappa shape index (κ3) is 4.27. The molecule has 10 heteroatoms. The van der Waals surface area contributed by atoms with Crippen LogP contribution in [0.1, 0.15) is 24.6 Å². The molecular formula is C23H28N5O5+. The van der Waals surface area contributed by atoms with Crippen LogP contribution < -0.4 is 19.6 Å². The smallest absolute Gasteiger partial charge is 0.320 e. The lowest BCUT2D eigenvalue weighted by atomic mass is 9.90. The van der Waals surface area contributed by atoms with Gasteiger partial charge < -0.3 is 29.5 Å². The van der Waals surface area contributed by atoms with Crippen molar-refractivity contribution in [1.82, 2.24) is 15.4 Å². The van der Waals surface area contributed by atoms with Gasteiger partial charge in [0.1, 0.15) is 23.4 Å². The van der Waals surface area contributed by atoms with Crippen LogP contribution in [0.25, 0.3) is 0 Å². The van der Waals surface area contributed by atoms with Crippen molar-refractivity contribution in [2.45, 2.75) is 37.1 Å². The maximum atomic E-state index is 11.3. The van der Waals surface area contributed by atoms with E-state index in [-0.39, 0.29) is 17.7 Å². The summed E-state index contributed by atoms with van der Waals surface area (Å²) in [6.45, 7) is 4.97. The minimum Gasteiger partial charge on any atom is -0.480 e. The highest BCUT2D eigenvalue weighted by Gasteiger charge is 2.50. The molecule has 0 unspecified atom stereocenters. The fourth-order valence-corrected chi connectivity index (χ4v) is 4.51. The third-order valence-corrected chi connectivity index (χ3v) is 6.56. The van der Waals surface area contributed by atoms with Crippen LogP contribution in [-0.2, 0) is 21.3 Å². The van der Waals surface area contributed by atoms with Crippen molar-refractivity contribution in [2.24, 2.45) is 7.05 Å². The Labute approximate surface area is 191 Å². The highest BCUT2D eigenvalue weighted by atomic mass is 16.6. The second-order valence-corrected chi connectivity index (χ2v) is 8.80. The average Bonchev–Trinajstić information content (AvgIpc) is 3.41. The summed E-state index contributed by atoms with van der Waals surface area (Å²) in [6, 6.07) is 3.35. The number of aliphatic carboxylic acids is 1. The van der Waals surface area contributed by atoms with Crippen molar-refractivity contribution >= 4 is 11.7 Å². The van der Waals surface area contributed by atoms with Crippen molar-refractivity contribution in [1.29, 1.82) is 0 Å². The Hall–Kier alpha value is -3.13. The summed E-state index contributed by atoms with van der Waals surface area (Å²) in [7, 11) is 1.91. The third-order valence-electron chi connectivity index (χ3n) is 6.56. The lowest BCUT2D eigenvalue weighted by molar-refractivity contribution is -0.726. The predicted molar refractivity (Wildman–Crippen MR) is 117 cm³/mol. The molecule has 0 radical (unpaired) electrons. The molecular weight excluding hydrogens is 426 g/mol. The number of H-pyrrole nitrogens is 1. The van der Waals surface area contributed by atoms with Crippen LogP contribution in [0.5, 0.6) is 5.88 Å². The number of rotatable bonds is 4. The van der Waals surface area contributed by atoms with Crippen molar-refractivity contribution < 1.29 is 28.8 Å². The molecule has 2 aromatic rings. The summed E-state index contributed by atoms with van der Waals surface area (Å²) in [4.78, 5) is 18.2. The van der Waals surface area contributed by atoms with Crippen LogP contribution in [0.15, 0.2) is 24.5 Å². The fraction of sp³-hybridized carbons (Fsp3) is 0.522. The number of aromatic nitrogens is 3. The number of carboxylic acid groups (broad SMARTS) is 1. The second-order valence-electron chi connectivity index (χ2n) is 8.80. The average molecular weight is 455 g/mol. The van der Waals surface area contributed by atoms with E-state index in [1.165, 1.54) is 0 Å². The van der Waals surface area contributed by atoms with E-state index in [4.69, 9.17) is 14.2 Å². The number of aryl methyl sites for hydroxylation is 1. The monoisotopic (exact) mass is 454 g/mol. The summed E-state index contributed by atoms with van der Waals surface area (Å²) in [5.41, 5.74) is 2.07. The van der Waals surface area contributed by atoms with Gasteiger partial charge in [0.15, 0.2) is 18.9 Å². The van der Waals surface area contributed by atoms with Gasteiger partial charge in [0.05, 0.1) is 25.9 Å². The zero-order valence-corrected chi connectivity index (χ0v) is 18.7. The van der Waals surface area contributed by atoms with Crippen LogP contribution in [-0.4, -0.2) is 77.9 Å². The van der Waals surface area contributed by atoms with E-state index < -0.39 is 12.0 Å². The Kier molecular flexibility index (Phi) is 5.70. The standard InChI is InChI=1S/C23H27N5O5/c1-15-23(13-31-14-23)32-8-7-28(15)20-9-16(3-4-17-5-6-27(2)26-17)11-25-21(20)33-18-10-19(22(29)30)24-12-18/h5-6,9,11,15,18-19,24H,7-8,10,12-14H2,1-2H3,(H,29,30)/p+1/t15-,18-,19-/m0/s1. The van der Waals surface area contributed by atoms with Gasteiger partial charge in [-0.1, -0.05) is 5.92 Å². The number of ether oxygens (including phenoxy) is 3. The number of anilines is 1. The zero-order chi connectivity index (χ0) is 23.0. The molecule has 3 N–H and O–H groups in total. The molecule has 3 saturated heterocycles. The van der Waals surface area contributed by atoms with Crippen molar-refractivity contribution in [3.63, 3.8) is 0 Å². The molecule has 1 spiro atoms. The minimum atomic E-state index is -0.869. The molecule has 0 bridgehead atoms. The molecule has 174 valence electrons. The van der Waals surface area contributed by atoms with Crippen LogP contribution in [0, 0.1) is 11.8 Å². The summed E-state index contributed by atoms with van der Waals surface area (Å²) in [5.74, 6) is 5.91. The highest BCUT2D eigenvalue weighted by molar-refractivity contribution is 5.74. The van der Waals surface area contributed by atoms with Crippen LogP contribution >= 0.6 is 0 Å². The van der Waals surface area contributed by atoms with E-state index in [1.54, 1.807) is 6.20 Å². The number of nitrogens with one attached hydrogen (secondary N) is 2. The van der Waals surface area contributed by atoms with E-state index >= 15 is 0 Å². The Morgan fingerprint density at radius 3 is 2.94 bits per heavy atom. The van der Waals surface area contributed by atoms with Gasteiger partial charge in [-0.2, -0.15) is 5.10 Å². The molecule has 5 rings (SSSR count). The first-order valence-electron chi connectivity index (χ1n) is 11.1. The topological polar surface area (TPSA) is 113 Å². The number of aromatic amines is 1. The second kappa shape index (κ2) is 8.67. The molecule has 3 atom stereocenters. The molecule has 3 aliphatic rings. The first-order chi connectivity index (χ1) is 15.9. The predicted octanol–water partition coefficient (Wildman–Crippen LogP) is -0.178.